The highest BCUT2D eigenvalue weighted by Crippen LogP contribution is 2.25. The number of hydrogen-bond acceptors (Lipinski definition) is 4. The van der Waals surface area contributed by atoms with Crippen LogP contribution in [0.25, 0.3) is 0 Å². The van der Waals surface area contributed by atoms with Crippen molar-refractivity contribution >= 4 is 21.4 Å². The average Bonchev–Trinajstić information content (AvgIpc) is 2.82. The first-order valence-corrected chi connectivity index (χ1v) is 7.60. The molecule has 1 heterocycles. The summed E-state index contributed by atoms with van der Waals surface area (Å²) in [6.45, 7) is 0.300. The molecule has 1 aromatic heterocycles. The number of rotatable bonds is 4. The number of thiophene rings is 1. The maximum atomic E-state index is 12.2. The molecule has 1 aromatic carbocycles. The lowest BCUT2D eigenvalue weighted by atomic mass is 10.3. The Morgan fingerprint density at radius 1 is 1.22 bits per heavy atom. The standard InChI is InChI=1S/C12H13NO3S2/c1-13(9-10-5-4-8-17-10)18(15,16)12-7-3-2-6-11(12)14/h2-8,14H,9H2,1H3. The van der Waals surface area contributed by atoms with Gasteiger partial charge in [-0.2, -0.15) is 4.31 Å². The summed E-state index contributed by atoms with van der Waals surface area (Å²) in [5, 5.41) is 11.5. The summed E-state index contributed by atoms with van der Waals surface area (Å²) >= 11 is 1.50. The Labute approximate surface area is 110 Å². The molecule has 0 saturated carbocycles. The van der Waals surface area contributed by atoms with Crippen molar-refractivity contribution < 1.29 is 13.5 Å². The van der Waals surface area contributed by atoms with Gasteiger partial charge in [0.05, 0.1) is 0 Å². The molecular formula is C12H13NO3S2. The van der Waals surface area contributed by atoms with Crippen LogP contribution < -0.4 is 0 Å². The number of sulfonamides is 1. The van der Waals surface area contributed by atoms with Gasteiger partial charge in [0.15, 0.2) is 0 Å². The van der Waals surface area contributed by atoms with Crippen LogP contribution in [0, 0.1) is 0 Å². The fraction of sp³-hybridized carbons (Fsp3) is 0.167. The molecule has 0 fully saturated rings. The zero-order valence-corrected chi connectivity index (χ0v) is 11.4. The van der Waals surface area contributed by atoms with Crippen molar-refractivity contribution in [3.63, 3.8) is 0 Å². The fourth-order valence-electron chi connectivity index (χ4n) is 1.55. The second-order valence-electron chi connectivity index (χ2n) is 3.81. The molecule has 0 unspecified atom stereocenters. The molecule has 0 radical (unpaired) electrons. The summed E-state index contributed by atoms with van der Waals surface area (Å²) in [6, 6.07) is 9.70. The molecule has 0 spiro atoms. The minimum absolute atomic E-state index is 0.0657. The topological polar surface area (TPSA) is 57.6 Å². The number of phenolic OH excluding ortho intramolecular Hbond substituents is 1. The summed E-state index contributed by atoms with van der Waals surface area (Å²) < 4.78 is 25.7. The highest BCUT2D eigenvalue weighted by Gasteiger charge is 2.23. The van der Waals surface area contributed by atoms with Gasteiger partial charge in [0.2, 0.25) is 10.0 Å². The lowest BCUT2D eigenvalue weighted by Crippen LogP contribution is -2.26. The lowest BCUT2D eigenvalue weighted by molar-refractivity contribution is 0.441. The van der Waals surface area contributed by atoms with Crippen LogP contribution in [0.5, 0.6) is 5.75 Å². The Morgan fingerprint density at radius 3 is 2.56 bits per heavy atom. The summed E-state index contributed by atoms with van der Waals surface area (Å²) in [6.07, 6.45) is 0. The van der Waals surface area contributed by atoms with E-state index in [2.05, 4.69) is 0 Å². The van der Waals surface area contributed by atoms with Crippen LogP contribution in [-0.4, -0.2) is 24.9 Å². The third-order valence-electron chi connectivity index (χ3n) is 2.51. The van der Waals surface area contributed by atoms with Crippen LogP contribution >= 0.6 is 11.3 Å². The average molecular weight is 283 g/mol. The molecule has 0 aliphatic carbocycles. The second-order valence-corrected chi connectivity index (χ2v) is 6.85. The van der Waals surface area contributed by atoms with Gasteiger partial charge >= 0.3 is 0 Å². The zero-order chi connectivity index (χ0) is 13.2. The summed E-state index contributed by atoms with van der Waals surface area (Å²) in [5.41, 5.74) is 0. The smallest absolute Gasteiger partial charge is 0.246 e. The van der Waals surface area contributed by atoms with Gasteiger partial charge in [0.25, 0.3) is 0 Å². The van der Waals surface area contributed by atoms with Gasteiger partial charge in [-0.15, -0.1) is 11.3 Å². The monoisotopic (exact) mass is 283 g/mol. The van der Waals surface area contributed by atoms with Crippen molar-refractivity contribution in [1.82, 2.24) is 4.31 Å². The molecule has 18 heavy (non-hydrogen) atoms. The number of nitrogens with zero attached hydrogens (tertiary/aromatic N) is 1. The van der Waals surface area contributed by atoms with Gasteiger partial charge in [-0.05, 0) is 23.6 Å². The van der Waals surface area contributed by atoms with E-state index < -0.39 is 10.0 Å². The summed E-state index contributed by atoms with van der Waals surface area (Å²) in [5.74, 6) is -0.226. The van der Waals surface area contributed by atoms with E-state index in [4.69, 9.17) is 0 Å². The van der Waals surface area contributed by atoms with Crippen LogP contribution in [-0.2, 0) is 16.6 Å². The second kappa shape index (κ2) is 5.09. The van der Waals surface area contributed by atoms with Crippen LogP contribution in [0.1, 0.15) is 4.88 Å². The maximum absolute atomic E-state index is 12.2. The van der Waals surface area contributed by atoms with Crippen molar-refractivity contribution in [1.29, 1.82) is 0 Å². The van der Waals surface area contributed by atoms with Gasteiger partial charge in [-0.3, -0.25) is 0 Å². The Morgan fingerprint density at radius 2 is 1.94 bits per heavy atom. The molecular weight excluding hydrogens is 270 g/mol. The van der Waals surface area contributed by atoms with E-state index >= 15 is 0 Å². The quantitative estimate of drug-likeness (QED) is 0.936. The molecule has 6 heteroatoms. The predicted molar refractivity (Wildman–Crippen MR) is 71.1 cm³/mol. The normalized spacial score (nSPS) is 11.9. The third kappa shape index (κ3) is 2.55. The largest absolute Gasteiger partial charge is 0.507 e. The van der Waals surface area contributed by atoms with E-state index in [9.17, 15) is 13.5 Å². The Hall–Kier alpha value is -1.37. The maximum Gasteiger partial charge on any atom is 0.246 e. The van der Waals surface area contributed by atoms with E-state index in [0.29, 0.717) is 6.54 Å². The Bertz CT molecular complexity index is 621. The number of hydrogen-bond donors (Lipinski definition) is 1. The fourth-order valence-corrected chi connectivity index (χ4v) is 3.62. The summed E-state index contributed by atoms with van der Waals surface area (Å²) in [4.78, 5) is 0.889. The molecule has 0 atom stereocenters. The van der Waals surface area contributed by atoms with Crippen molar-refractivity contribution in [2.75, 3.05) is 7.05 Å². The lowest BCUT2D eigenvalue weighted by Gasteiger charge is -2.16. The molecule has 2 aromatic rings. The molecule has 0 aliphatic rings. The van der Waals surface area contributed by atoms with Crippen molar-refractivity contribution in [3.05, 3.63) is 46.7 Å². The van der Waals surface area contributed by atoms with Crippen LogP contribution in [0.4, 0.5) is 0 Å². The molecule has 96 valence electrons. The first-order valence-electron chi connectivity index (χ1n) is 5.28. The van der Waals surface area contributed by atoms with Gasteiger partial charge in [0.1, 0.15) is 10.6 Å². The summed E-state index contributed by atoms with van der Waals surface area (Å²) in [7, 11) is -2.15. The van der Waals surface area contributed by atoms with Gasteiger partial charge in [0, 0.05) is 18.5 Å². The number of benzene rings is 1. The number of phenols is 1. The van der Waals surface area contributed by atoms with Crippen molar-refractivity contribution in [2.24, 2.45) is 0 Å². The van der Waals surface area contributed by atoms with E-state index in [1.165, 1.54) is 34.8 Å². The first kappa shape index (κ1) is 13.1. The highest BCUT2D eigenvalue weighted by atomic mass is 32.2. The van der Waals surface area contributed by atoms with Crippen LogP contribution in [0.15, 0.2) is 46.7 Å². The Kier molecular flexibility index (Phi) is 3.70. The van der Waals surface area contributed by atoms with E-state index in [1.807, 2.05) is 17.5 Å². The SMILES string of the molecule is CN(Cc1cccs1)S(=O)(=O)c1ccccc1O. The Balaban J connectivity index is 2.29. The van der Waals surface area contributed by atoms with Crippen LogP contribution in [0.2, 0.25) is 0 Å². The molecule has 0 amide bonds. The molecule has 4 nitrogen and oxygen atoms in total. The zero-order valence-electron chi connectivity index (χ0n) is 9.78. The predicted octanol–water partition coefficient (Wildman–Crippen LogP) is 2.27. The highest BCUT2D eigenvalue weighted by molar-refractivity contribution is 7.89. The van der Waals surface area contributed by atoms with Crippen LogP contribution in [0.3, 0.4) is 0 Å². The minimum Gasteiger partial charge on any atom is -0.507 e. The molecule has 0 aliphatic heterocycles. The molecule has 0 bridgehead atoms. The van der Waals surface area contributed by atoms with E-state index in [-0.39, 0.29) is 10.6 Å². The molecule has 1 N–H and O–H groups in total. The third-order valence-corrected chi connectivity index (χ3v) is 5.22. The van der Waals surface area contributed by atoms with Crippen molar-refractivity contribution in [3.8, 4) is 5.75 Å². The van der Waals surface area contributed by atoms with E-state index in [1.54, 1.807) is 12.1 Å². The molecule has 2 rings (SSSR count). The van der Waals surface area contributed by atoms with Crippen molar-refractivity contribution in [2.45, 2.75) is 11.4 Å². The number of para-hydroxylation sites is 1. The van der Waals surface area contributed by atoms with Gasteiger partial charge < -0.3 is 5.11 Å². The number of aromatic hydroxyl groups is 1. The molecule has 0 saturated heterocycles. The van der Waals surface area contributed by atoms with Gasteiger partial charge in [-0.25, -0.2) is 8.42 Å². The van der Waals surface area contributed by atoms with Gasteiger partial charge in [-0.1, -0.05) is 18.2 Å². The van der Waals surface area contributed by atoms with E-state index in [0.717, 1.165) is 4.88 Å². The minimum atomic E-state index is -3.66. The first-order chi connectivity index (χ1) is 8.51.